The number of hydrogen-bond acceptors (Lipinski definition) is 3. The lowest BCUT2D eigenvalue weighted by Crippen LogP contribution is -2.29. The molecule has 4 nitrogen and oxygen atoms in total. The number of benzene rings is 1. The van der Waals surface area contributed by atoms with Gasteiger partial charge in [0.25, 0.3) is 5.91 Å². The van der Waals surface area contributed by atoms with Crippen molar-refractivity contribution >= 4 is 5.91 Å². The Balaban J connectivity index is 1.92. The number of nitrogens with one attached hydrogen (secondary N) is 1. The lowest BCUT2D eigenvalue weighted by Gasteiger charge is -2.19. The van der Waals surface area contributed by atoms with Crippen LogP contribution in [0.5, 0.6) is 0 Å². The quantitative estimate of drug-likeness (QED) is 0.797. The Hall–Kier alpha value is -2.88. The Morgan fingerprint density at radius 1 is 1.00 bits per heavy atom. The van der Waals surface area contributed by atoms with E-state index in [-0.39, 0.29) is 11.9 Å². The monoisotopic (exact) mass is 278 g/mol. The number of aromatic nitrogens is 1. The van der Waals surface area contributed by atoms with Gasteiger partial charge in [0, 0.05) is 12.4 Å². The van der Waals surface area contributed by atoms with Gasteiger partial charge in [-0.3, -0.25) is 9.78 Å². The van der Waals surface area contributed by atoms with Crippen LogP contribution in [0.15, 0.2) is 77.9 Å². The Bertz CT molecular complexity index is 655. The molecular formula is C17H14N2O2. The van der Waals surface area contributed by atoms with Gasteiger partial charge >= 0.3 is 0 Å². The second-order valence-corrected chi connectivity index (χ2v) is 4.61. The number of carbonyl (C=O) groups excluding carboxylic acids is 1. The number of rotatable bonds is 4. The number of carbonyl (C=O) groups is 1. The van der Waals surface area contributed by atoms with Crippen molar-refractivity contribution in [1.82, 2.24) is 10.3 Å². The van der Waals surface area contributed by atoms with E-state index in [2.05, 4.69) is 10.3 Å². The van der Waals surface area contributed by atoms with Crippen molar-refractivity contribution in [2.24, 2.45) is 0 Å². The SMILES string of the molecule is O=C(NC(c1ccccc1)c1ccncc1)c1ccoc1. The highest BCUT2D eigenvalue weighted by Crippen LogP contribution is 2.21. The Morgan fingerprint density at radius 3 is 2.38 bits per heavy atom. The fourth-order valence-electron chi connectivity index (χ4n) is 2.17. The van der Waals surface area contributed by atoms with Gasteiger partial charge in [-0.15, -0.1) is 0 Å². The second kappa shape index (κ2) is 6.05. The van der Waals surface area contributed by atoms with E-state index in [0.717, 1.165) is 11.1 Å². The Morgan fingerprint density at radius 2 is 1.71 bits per heavy atom. The molecule has 0 saturated carbocycles. The molecular weight excluding hydrogens is 264 g/mol. The highest BCUT2D eigenvalue weighted by atomic mass is 16.3. The number of pyridine rings is 1. The van der Waals surface area contributed by atoms with Crippen LogP contribution in [-0.4, -0.2) is 10.9 Å². The van der Waals surface area contributed by atoms with Crippen molar-refractivity contribution < 1.29 is 9.21 Å². The van der Waals surface area contributed by atoms with Crippen LogP contribution < -0.4 is 5.32 Å². The molecule has 21 heavy (non-hydrogen) atoms. The summed E-state index contributed by atoms with van der Waals surface area (Å²) >= 11 is 0. The molecule has 2 heterocycles. The fourth-order valence-corrected chi connectivity index (χ4v) is 2.17. The van der Waals surface area contributed by atoms with Crippen LogP contribution in [0, 0.1) is 0 Å². The van der Waals surface area contributed by atoms with E-state index in [1.807, 2.05) is 42.5 Å². The maximum Gasteiger partial charge on any atom is 0.255 e. The molecule has 1 amide bonds. The van der Waals surface area contributed by atoms with E-state index in [1.54, 1.807) is 18.5 Å². The van der Waals surface area contributed by atoms with Crippen LogP contribution in [0.4, 0.5) is 0 Å². The predicted molar refractivity (Wildman–Crippen MR) is 78.7 cm³/mol. The van der Waals surface area contributed by atoms with Crippen LogP contribution in [0.3, 0.4) is 0 Å². The summed E-state index contributed by atoms with van der Waals surface area (Å²) in [5, 5.41) is 3.03. The molecule has 0 aliphatic rings. The third-order valence-electron chi connectivity index (χ3n) is 3.23. The van der Waals surface area contributed by atoms with Crippen molar-refractivity contribution in [2.45, 2.75) is 6.04 Å². The number of furan rings is 1. The molecule has 1 N–H and O–H groups in total. The summed E-state index contributed by atoms with van der Waals surface area (Å²) in [4.78, 5) is 16.3. The van der Waals surface area contributed by atoms with Crippen LogP contribution in [0.25, 0.3) is 0 Å². The van der Waals surface area contributed by atoms with Gasteiger partial charge in [-0.2, -0.15) is 0 Å². The zero-order chi connectivity index (χ0) is 14.5. The first kappa shape index (κ1) is 13.1. The van der Waals surface area contributed by atoms with Crippen molar-refractivity contribution in [3.63, 3.8) is 0 Å². The van der Waals surface area contributed by atoms with E-state index < -0.39 is 0 Å². The molecule has 3 aromatic rings. The second-order valence-electron chi connectivity index (χ2n) is 4.61. The molecule has 4 heteroatoms. The molecule has 0 bridgehead atoms. The standard InChI is InChI=1S/C17H14N2O2/c20-17(15-8-11-21-12-15)19-16(13-4-2-1-3-5-13)14-6-9-18-10-7-14/h1-12,16H,(H,19,20). The van der Waals surface area contributed by atoms with Gasteiger partial charge in [0.2, 0.25) is 0 Å². The lowest BCUT2D eigenvalue weighted by molar-refractivity contribution is 0.0942. The first-order valence-corrected chi connectivity index (χ1v) is 6.62. The van der Waals surface area contributed by atoms with E-state index in [4.69, 9.17) is 4.42 Å². The molecule has 104 valence electrons. The summed E-state index contributed by atoms with van der Waals surface area (Å²) in [5.41, 5.74) is 2.50. The zero-order valence-corrected chi connectivity index (χ0v) is 11.3. The minimum Gasteiger partial charge on any atom is -0.472 e. The topological polar surface area (TPSA) is 55.1 Å². The highest BCUT2D eigenvalue weighted by molar-refractivity contribution is 5.94. The normalized spacial score (nSPS) is 11.8. The molecule has 0 spiro atoms. The smallest absolute Gasteiger partial charge is 0.255 e. The third-order valence-corrected chi connectivity index (χ3v) is 3.23. The minimum atomic E-state index is -0.225. The van der Waals surface area contributed by atoms with Crippen molar-refractivity contribution in [2.75, 3.05) is 0 Å². The van der Waals surface area contributed by atoms with Crippen LogP contribution in [0.1, 0.15) is 27.5 Å². The average molecular weight is 278 g/mol. The Labute approximate surface area is 122 Å². The van der Waals surface area contributed by atoms with Gasteiger partial charge in [0.1, 0.15) is 6.26 Å². The molecule has 1 aromatic carbocycles. The molecule has 1 unspecified atom stereocenters. The van der Waals surface area contributed by atoms with Crippen molar-refractivity contribution in [3.05, 3.63) is 90.1 Å². The number of nitrogens with zero attached hydrogens (tertiary/aromatic N) is 1. The summed E-state index contributed by atoms with van der Waals surface area (Å²) in [5.74, 6) is -0.172. The van der Waals surface area contributed by atoms with Gasteiger partial charge in [-0.05, 0) is 29.3 Å². The van der Waals surface area contributed by atoms with Gasteiger partial charge in [-0.25, -0.2) is 0 Å². The molecule has 0 radical (unpaired) electrons. The van der Waals surface area contributed by atoms with Crippen LogP contribution in [0.2, 0.25) is 0 Å². The van der Waals surface area contributed by atoms with E-state index in [1.165, 1.54) is 12.5 Å². The summed E-state index contributed by atoms with van der Waals surface area (Å²) in [6.07, 6.45) is 6.35. The summed E-state index contributed by atoms with van der Waals surface area (Å²) < 4.78 is 4.96. The summed E-state index contributed by atoms with van der Waals surface area (Å²) in [7, 11) is 0. The minimum absolute atomic E-state index is 0.172. The van der Waals surface area contributed by atoms with E-state index in [0.29, 0.717) is 5.56 Å². The first-order valence-electron chi connectivity index (χ1n) is 6.62. The maximum absolute atomic E-state index is 12.3. The molecule has 0 aliphatic heterocycles. The lowest BCUT2D eigenvalue weighted by atomic mass is 9.99. The molecule has 0 saturated heterocycles. The molecule has 0 fully saturated rings. The van der Waals surface area contributed by atoms with E-state index >= 15 is 0 Å². The zero-order valence-electron chi connectivity index (χ0n) is 11.3. The van der Waals surface area contributed by atoms with Gasteiger partial charge in [0.15, 0.2) is 0 Å². The van der Waals surface area contributed by atoms with Crippen molar-refractivity contribution in [1.29, 1.82) is 0 Å². The van der Waals surface area contributed by atoms with E-state index in [9.17, 15) is 4.79 Å². The van der Waals surface area contributed by atoms with Gasteiger partial charge < -0.3 is 9.73 Å². The average Bonchev–Trinajstić information content (AvgIpc) is 3.09. The number of hydrogen-bond donors (Lipinski definition) is 1. The largest absolute Gasteiger partial charge is 0.472 e. The summed E-state index contributed by atoms with van der Waals surface area (Å²) in [6, 6.07) is 15.0. The molecule has 1 atom stereocenters. The molecule has 0 aliphatic carbocycles. The van der Waals surface area contributed by atoms with Gasteiger partial charge in [0.05, 0.1) is 17.9 Å². The molecule has 3 rings (SSSR count). The molecule has 2 aromatic heterocycles. The van der Waals surface area contributed by atoms with Gasteiger partial charge in [-0.1, -0.05) is 30.3 Å². The summed E-state index contributed by atoms with van der Waals surface area (Å²) in [6.45, 7) is 0. The fraction of sp³-hybridized carbons (Fsp3) is 0.0588. The van der Waals surface area contributed by atoms with Crippen LogP contribution >= 0.6 is 0 Å². The number of amides is 1. The van der Waals surface area contributed by atoms with Crippen molar-refractivity contribution in [3.8, 4) is 0 Å². The first-order chi connectivity index (χ1) is 10.3. The highest BCUT2D eigenvalue weighted by Gasteiger charge is 2.18. The maximum atomic E-state index is 12.3. The van der Waals surface area contributed by atoms with Crippen LogP contribution in [-0.2, 0) is 0 Å². The third kappa shape index (κ3) is 3.00. The predicted octanol–water partition coefficient (Wildman–Crippen LogP) is 3.19. The Kier molecular flexibility index (Phi) is 3.78.